The van der Waals surface area contributed by atoms with Crippen LogP contribution < -0.4 is 4.90 Å². The fourth-order valence-corrected chi connectivity index (χ4v) is 9.67. The van der Waals surface area contributed by atoms with Gasteiger partial charge in [-0.1, -0.05) is 0 Å². The van der Waals surface area contributed by atoms with Crippen molar-refractivity contribution in [1.29, 1.82) is 0 Å². The van der Waals surface area contributed by atoms with Gasteiger partial charge in [-0.3, -0.25) is 0 Å². The Hall–Kier alpha value is -3.41. The average Bonchev–Trinajstić information content (AvgIpc) is 3.57. The predicted octanol–water partition coefficient (Wildman–Crippen LogP) is 5.46. The van der Waals surface area contributed by atoms with E-state index in [9.17, 15) is 14.4 Å². The molecule has 0 bridgehead atoms. The first-order chi connectivity index (χ1) is 18.2. The van der Waals surface area contributed by atoms with Gasteiger partial charge < -0.3 is 0 Å². The van der Waals surface area contributed by atoms with Crippen LogP contribution in [0.1, 0.15) is 66.2 Å². The number of urea groups is 1. The third kappa shape index (κ3) is 2.86. The summed E-state index contributed by atoms with van der Waals surface area (Å²) in [7, 11) is 2.86. The van der Waals surface area contributed by atoms with E-state index in [1.807, 2.05) is 0 Å². The van der Waals surface area contributed by atoms with E-state index in [2.05, 4.69) is 67.3 Å². The molecule has 1 spiro atoms. The molecule has 6 nitrogen and oxygen atoms in total. The van der Waals surface area contributed by atoms with Gasteiger partial charge in [0.05, 0.1) is 0 Å². The van der Waals surface area contributed by atoms with E-state index < -0.39 is 17.8 Å². The molecule has 3 aromatic rings. The number of rotatable bonds is 1. The van der Waals surface area contributed by atoms with Gasteiger partial charge in [-0.05, 0) is 0 Å². The second-order valence-electron chi connectivity index (χ2n) is 11.4. The summed E-state index contributed by atoms with van der Waals surface area (Å²) in [5.41, 5.74) is 7.84. The third-order valence-electron chi connectivity index (χ3n) is 9.10. The summed E-state index contributed by atoms with van der Waals surface area (Å²) < 4.78 is 2.31. The van der Waals surface area contributed by atoms with E-state index in [0.29, 0.717) is 0 Å². The zero-order valence-corrected chi connectivity index (χ0v) is 23.7. The average molecular weight is 571 g/mol. The quantitative estimate of drug-likeness (QED) is 0.222. The molecule has 7 rings (SSSR count). The summed E-state index contributed by atoms with van der Waals surface area (Å²) in [5, 5.41) is 0. The van der Waals surface area contributed by atoms with Crippen molar-refractivity contribution in [2.45, 2.75) is 50.4 Å². The summed E-state index contributed by atoms with van der Waals surface area (Å²) >= 11 is -0.115. The van der Waals surface area contributed by atoms with E-state index >= 15 is 0 Å². The molecule has 7 heteroatoms. The topological polar surface area (TPSA) is 60.9 Å². The van der Waals surface area contributed by atoms with Crippen LogP contribution >= 0.6 is 0 Å². The predicted molar refractivity (Wildman–Crippen MR) is 148 cm³/mol. The maximum absolute atomic E-state index is 13.0. The Morgan fingerprint density at radius 2 is 1.45 bits per heavy atom. The molecule has 0 radical (unpaired) electrons. The molecule has 0 atom stereocenters. The Balaban J connectivity index is 1.49. The molecule has 4 heterocycles. The van der Waals surface area contributed by atoms with Crippen molar-refractivity contribution in [2.75, 3.05) is 19.0 Å². The maximum atomic E-state index is 13.0. The SMILES string of the molecule is CN1C(=O)C(=Cc2cc3c([se]2)N2c4ccccc4C(C)(C)c4cccc(c42)C32CCCC2)C(=O)N(C)C1=O. The van der Waals surface area contributed by atoms with Crippen LogP contribution in [-0.4, -0.2) is 56.2 Å². The summed E-state index contributed by atoms with van der Waals surface area (Å²) in [6, 6.07) is 17.2. The Labute approximate surface area is 228 Å². The van der Waals surface area contributed by atoms with Gasteiger partial charge in [-0.2, -0.15) is 0 Å². The Morgan fingerprint density at radius 1 is 0.816 bits per heavy atom. The standard InChI is InChI=1S/C31H29N3O3Se/c1-30(2)20-10-5-6-13-24(20)34-25-21(30)11-9-12-22(25)31(14-7-8-15-31)23-17-18(38-28(23)34)16-19-26(35)32(3)29(37)33(4)27(19)36/h5-6,9-13,16-17H,7-8,14-15H2,1-4H3. The number of imide groups is 2. The number of fused-ring (bicyclic) bond motifs is 6. The van der Waals surface area contributed by atoms with Crippen LogP contribution in [-0.2, 0) is 20.4 Å². The molecule has 0 unspecified atom stereocenters. The first kappa shape index (κ1) is 23.7. The molecule has 0 N–H and O–H groups in total. The molecule has 4 amide bonds. The van der Waals surface area contributed by atoms with Crippen LogP contribution in [0.2, 0.25) is 0 Å². The molecule has 3 aliphatic heterocycles. The van der Waals surface area contributed by atoms with Crippen molar-refractivity contribution in [2.24, 2.45) is 0 Å². The van der Waals surface area contributed by atoms with Crippen LogP contribution in [0, 0.1) is 0 Å². The van der Waals surface area contributed by atoms with Gasteiger partial charge in [0.2, 0.25) is 0 Å². The van der Waals surface area contributed by atoms with Crippen molar-refractivity contribution in [3.8, 4) is 0 Å². The van der Waals surface area contributed by atoms with Crippen LogP contribution in [0.15, 0.2) is 54.1 Å². The molecular weight excluding hydrogens is 541 g/mol. The Morgan fingerprint density at radius 3 is 2.16 bits per heavy atom. The Bertz CT molecular complexity index is 1580. The van der Waals surface area contributed by atoms with Crippen molar-refractivity contribution < 1.29 is 14.4 Å². The number of anilines is 3. The van der Waals surface area contributed by atoms with Crippen molar-refractivity contribution >= 4 is 54.4 Å². The van der Waals surface area contributed by atoms with Crippen LogP contribution in [0.5, 0.6) is 0 Å². The van der Waals surface area contributed by atoms with Gasteiger partial charge in [-0.15, -0.1) is 0 Å². The molecule has 38 heavy (non-hydrogen) atoms. The minimum atomic E-state index is -0.596. The number of hydrogen-bond donors (Lipinski definition) is 0. The summed E-state index contributed by atoms with van der Waals surface area (Å²) in [4.78, 5) is 42.8. The van der Waals surface area contributed by atoms with Crippen LogP contribution in [0.4, 0.5) is 20.7 Å². The fourth-order valence-electron chi connectivity index (χ4n) is 7.11. The molecule has 1 aromatic heterocycles. The number of benzene rings is 2. The van der Waals surface area contributed by atoms with E-state index in [-0.39, 0.29) is 30.9 Å². The van der Waals surface area contributed by atoms with E-state index in [0.717, 1.165) is 27.1 Å². The molecular formula is C31H29N3O3Se. The van der Waals surface area contributed by atoms with Crippen molar-refractivity contribution in [3.63, 3.8) is 0 Å². The number of carbonyl (C=O) groups is 3. The number of hydrogen-bond acceptors (Lipinski definition) is 4. The number of likely N-dealkylation sites (N-methyl/N-ethyl adjacent to an activating group) is 2. The molecule has 2 aromatic carbocycles. The van der Waals surface area contributed by atoms with Crippen LogP contribution in [0.25, 0.3) is 6.08 Å². The third-order valence-corrected chi connectivity index (χ3v) is 11.3. The summed E-state index contributed by atoms with van der Waals surface area (Å²) in [5.74, 6) is -1.07. The zero-order valence-electron chi connectivity index (χ0n) is 22.0. The molecule has 2 fully saturated rings. The van der Waals surface area contributed by atoms with Gasteiger partial charge in [0, 0.05) is 0 Å². The van der Waals surface area contributed by atoms with E-state index in [1.54, 1.807) is 6.08 Å². The number of para-hydroxylation sites is 2. The first-order valence-electron chi connectivity index (χ1n) is 13.2. The molecule has 1 saturated carbocycles. The van der Waals surface area contributed by atoms with Gasteiger partial charge in [0.1, 0.15) is 0 Å². The molecule has 1 saturated heterocycles. The zero-order chi connectivity index (χ0) is 26.6. The fraction of sp³-hybridized carbons (Fsp3) is 0.323. The monoisotopic (exact) mass is 571 g/mol. The number of barbiturate groups is 1. The van der Waals surface area contributed by atoms with Gasteiger partial charge in [0.15, 0.2) is 0 Å². The van der Waals surface area contributed by atoms with E-state index in [1.165, 1.54) is 65.1 Å². The van der Waals surface area contributed by atoms with Crippen LogP contribution in [0.3, 0.4) is 0 Å². The number of carbonyl (C=O) groups excluding carboxylic acids is 3. The summed E-state index contributed by atoms with van der Waals surface area (Å²) in [6.07, 6.45) is 6.33. The molecule has 192 valence electrons. The second-order valence-corrected chi connectivity index (χ2v) is 13.6. The molecule has 1 aliphatic carbocycles. The normalized spacial score (nSPS) is 20.6. The van der Waals surface area contributed by atoms with Gasteiger partial charge >= 0.3 is 229 Å². The van der Waals surface area contributed by atoms with Gasteiger partial charge in [0.25, 0.3) is 0 Å². The number of amides is 4. The minimum absolute atomic E-state index is 0.0499. The Kier molecular flexibility index (Phi) is 4.87. The molecule has 4 aliphatic rings. The van der Waals surface area contributed by atoms with Crippen molar-refractivity contribution in [3.05, 3.63) is 80.8 Å². The second kappa shape index (κ2) is 7.81. The summed E-state index contributed by atoms with van der Waals surface area (Å²) in [6.45, 7) is 4.65. The van der Waals surface area contributed by atoms with Crippen molar-refractivity contribution in [1.82, 2.24) is 9.80 Å². The van der Waals surface area contributed by atoms with E-state index in [4.69, 9.17) is 0 Å². The first-order valence-corrected chi connectivity index (χ1v) is 14.9. The van der Waals surface area contributed by atoms with Gasteiger partial charge in [-0.25, -0.2) is 0 Å². The number of nitrogens with zero attached hydrogens (tertiary/aromatic N) is 3.